The summed E-state index contributed by atoms with van der Waals surface area (Å²) in [5.41, 5.74) is 1.82. The van der Waals surface area contributed by atoms with Crippen molar-refractivity contribution in [2.24, 2.45) is 0 Å². The number of nitrogens with one attached hydrogen (secondary N) is 1. The molecule has 0 spiro atoms. The first-order chi connectivity index (χ1) is 10.6. The van der Waals surface area contributed by atoms with Crippen LogP contribution < -0.4 is 19.7 Å². The van der Waals surface area contributed by atoms with Gasteiger partial charge in [0, 0.05) is 25.5 Å². The van der Waals surface area contributed by atoms with Crippen molar-refractivity contribution in [1.29, 1.82) is 0 Å². The summed E-state index contributed by atoms with van der Waals surface area (Å²) in [4.78, 5) is 13.9. The van der Waals surface area contributed by atoms with Gasteiger partial charge >= 0.3 is 0 Å². The van der Waals surface area contributed by atoms with Gasteiger partial charge in [0.25, 0.3) is 5.91 Å². The average molecular weight is 300 g/mol. The Morgan fingerprint density at radius 2 is 1.59 bits per heavy atom. The molecule has 0 bridgehead atoms. The molecule has 5 nitrogen and oxygen atoms in total. The van der Waals surface area contributed by atoms with Crippen molar-refractivity contribution in [2.45, 2.75) is 0 Å². The van der Waals surface area contributed by atoms with Gasteiger partial charge < -0.3 is 19.7 Å². The fourth-order valence-electron chi connectivity index (χ4n) is 1.86. The Labute approximate surface area is 130 Å². The summed E-state index contributed by atoms with van der Waals surface area (Å²) < 4.78 is 10.5. The van der Waals surface area contributed by atoms with Crippen molar-refractivity contribution in [1.82, 2.24) is 0 Å². The molecule has 0 radical (unpaired) electrons. The number of ether oxygens (including phenoxy) is 2. The van der Waals surface area contributed by atoms with E-state index in [0.717, 1.165) is 17.1 Å². The summed E-state index contributed by atoms with van der Waals surface area (Å²) >= 11 is 0. The van der Waals surface area contributed by atoms with Crippen LogP contribution in [0.3, 0.4) is 0 Å². The topological polar surface area (TPSA) is 50.8 Å². The van der Waals surface area contributed by atoms with E-state index in [0.29, 0.717) is 5.75 Å². The fraction of sp³-hybridized carbons (Fsp3) is 0.235. The first kappa shape index (κ1) is 15.7. The number of nitrogens with zero attached hydrogens (tertiary/aromatic N) is 1. The maximum Gasteiger partial charge on any atom is 0.262 e. The van der Waals surface area contributed by atoms with Crippen LogP contribution in [0.15, 0.2) is 48.5 Å². The second kappa shape index (κ2) is 7.36. The van der Waals surface area contributed by atoms with E-state index in [4.69, 9.17) is 9.47 Å². The molecule has 116 valence electrons. The second-order valence-electron chi connectivity index (χ2n) is 4.95. The largest absolute Gasteiger partial charge is 0.497 e. The molecule has 0 saturated heterocycles. The van der Waals surface area contributed by atoms with Crippen molar-refractivity contribution < 1.29 is 14.3 Å². The van der Waals surface area contributed by atoms with Gasteiger partial charge in [-0.2, -0.15) is 0 Å². The summed E-state index contributed by atoms with van der Waals surface area (Å²) in [5, 5.41) is 2.79. The molecule has 2 rings (SSSR count). The lowest BCUT2D eigenvalue weighted by Gasteiger charge is -2.13. The van der Waals surface area contributed by atoms with Crippen LogP contribution in [-0.2, 0) is 4.79 Å². The third-order valence-corrected chi connectivity index (χ3v) is 3.10. The monoisotopic (exact) mass is 300 g/mol. The molecule has 0 aliphatic carbocycles. The zero-order valence-electron chi connectivity index (χ0n) is 13.0. The van der Waals surface area contributed by atoms with E-state index < -0.39 is 0 Å². The third kappa shape index (κ3) is 4.41. The van der Waals surface area contributed by atoms with Crippen molar-refractivity contribution >= 4 is 17.3 Å². The molecule has 2 aromatic rings. The molecule has 1 N–H and O–H groups in total. The molecular formula is C17H20N2O3. The lowest BCUT2D eigenvalue weighted by molar-refractivity contribution is -0.118. The molecule has 0 aliphatic heterocycles. The SMILES string of the molecule is COc1ccc(OCC(=O)Nc2ccc(N(C)C)cc2)cc1. The molecule has 0 fully saturated rings. The zero-order valence-corrected chi connectivity index (χ0v) is 13.0. The summed E-state index contributed by atoms with van der Waals surface area (Å²) in [7, 11) is 5.54. The fourth-order valence-corrected chi connectivity index (χ4v) is 1.86. The molecule has 0 saturated carbocycles. The minimum atomic E-state index is -0.201. The van der Waals surface area contributed by atoms with E-state index in [1.54, 1.807) is 31.4 Å². The lowest BCUT2D eigenvalue weighted by atomic mass is 10.2. The highest BCUT2D eigenvalue weighted by Gasteiger charge is 2.04. The Bertz CT molecular complexity index is 607. The van der Waals surface area contributed by atoms with E-state index in [9.17, 15) is 4.79 Å². The molecule has 5 heteroatoms. The maximum atomic E-state index is 11.9. The summed E-state index contributed by atoms with van der Waals surface area (Å²) in [5.74, 6) is 1.17. The molecule has 0 heterocycles. The van der Waals surface area contributed by atoms with E-state index in [2.05, 4.69) is 5.32 Å². The highest BCUT2D eigenvalue weighted by atomic mass is 16.5. The maximum absolute atomic E-state index is 11.9. The molecule has 1 amide bonds. The van der Waals surface area contributed by atoms with Crippen LogP contribution in [0.25, 0.3) is 0 Å². The zero-order chi connectivity index (χ0) is 15.9. The van der Waals surface area contributed by atoms with Crippen LogP contribution >= 0.6 is 0 Å². The van der Waals surface area contributed by atoms with E-state index in [1.165, 1.54) is 0 Å². The standard InChI is InChI=1S/C17H20N2O3/c1-19(2)14-6-4-13(5-7-14)18-17(20)12-22-16-10-8-15(21-3)9-11-16/h4-11H,12H2,1-3H3,(H,18,20). The number of hydrogen-bond acceptors (Lipinski definition) is 4. The Morgan fingerprint density at radius 3 is 2.14 bits per heavy atom. The van der Waals surface area contributed by atoms with Crippen molar-refractivity contribution in [3.05, 3.63) is 48.5 Å². The van der Waals surface area contributed by atoms with Crippen molar-refractivity contribution in [3.63, 3.8) is 0 Å². The van der Waals surface area contributed by atoms with Gasteiger partial charge in [-0.3, -0.25) is 4.79 Å². The number of rotatable bonds is 6. The highest BCUT2D eigenvalue weighted by molar-refractivity contribution is 5.92. The minimum absolute atomic E-state index is 0.0399. The number of benzene rings is 2. The quantitative estimate of drug-likeness (QED) is 0.891. The van der Waals surface area contributed by atoms with Gasteiger partial charge in [-0.1, -0.05) is 0 Å². The number of amides is 1. The summed E-state index contributed by atoms with van der Waals surface area (Å²) in [6.45, 7) is -0.0399. The molecule has 22 heavy (non-hydrogen) atoms. The van der Waals surface area contributed by atoms with E-state index in [1.807, 2.05) is 43.3 Å². The van der Waals surface area contributed by atoms with Gasteiger partial charge in [-0.25, -0.2) is 0 Å². The third-order valence-electron chi connectivity index (χ3n) is 3.10. The Kier molecular flexibility index (Phi) is 5.25. The average Bonchev–Trinajstić information content (AvgIpc) is 2.54. The number of methoxy groups -OCH3 is 1. The molecular weight excluding hydrogens is 280 g/mol. The van der Waals surface area contributed by atoms with Gasteiger partial charge in [-0.15, -0.1) is 0 Å². The van der Waals surface area contributed by atoms with Crippen molar-refractivity contribution in [3.8, 4) is 11.5 Å². The first-order valence-corrected chi connectivity index (χ1v) is 6.92. The van der Waals surface area contributed by atoms with Crippen LogP contribution in [0, 0.1) is 0 Å². The van der Waals surface area contributed by atoms with Crippen LogP contribution in [0.4, 0.5) is 11.4 Å². The Hall–Kier alpha value is -2.69. The molecule has 0 aromatic heterocycles. The first-order valence-electron chi connectivity index (χ1n) is 6.92. The summed E-state index contributed by atoms with van der Waals surface area (Å²) in [6, 6.07) is 14.7. The molecule has 2 aromatic carbocycles. The van der Waals surface area contributed by atoms with E-state index >= 15 is 0 Å². The summed E-state index contributed by atoms with van der Waals surface area (Å²) in [6.07, 6.45) is 0. The van der Waals surface area contributed by atoms with Gasteiger partial charge in [0.15, 0.2) is 6.61 Å². The van der Waals surface area contributed by atoms with Crippen LogP contribution in [0.2, 0.25) is 0 Å². The minimum Gasteiger partial charge on any atom is -0.497 e. The molecule has 0 unspecified atom stereocenters. The van der Waals surface area contributed by atoms with Crippen LogP contribution in [-0.4, -0.2) is 33.7 Å². The van der Waals surface area contributed by atoms with E-state index in [-0.39, 0.29) is 12.5 Å². The Morgan fingerprint density at radius 1 is 1.00 bits per heavy atom. The predicted octanol–water partition coefficient (Wildman–Crippen LogP) is 2.78. The predicted molar refractivity (Wildman–Crippen MR) is 87.9 cm³/mol. The smallest absolute Gasteiger partial charge is 0.262 e. The number of carbonyl (C=O) groups excluding carboxylic acids is 1. The molecule has 0 atom stereocenters. The lowest BCUT2D eigenvalue weighted by Crippen LogP contribution is -2.20. The van der Waals surface area contributed by atoms with Crippen LogP contribution in [0.5, 0.6) is 11.5 Å². The molecule has 0 aliphatic rings. The van der Waals surface area contributed by atoms with Gasteiger partial charge in [0.1, 0.15) is 11.5 Å². The van der Waals surface area contributed by atoms with Gasteiger partial charge in [-0.05, 0) is 48.5 Å². The highest BCUT2D eigenvalue weighted by Crippen LogP contribution is 2.18. The number of carbonyl (C=O) groups is 1. The van der Waals surface area contributed by atoms with Gasteiger partial charge in [0.05, 0.1) is 7.11 Å². The van der Waals surface area contributed by atoms with Crippen LogP contribution in [0.1, 0.15) is 0 Å². The normalized spacial score (nSPS) is 9.95. The number of anilines is 2. The Balaban J connectivity index is 1.84. The number of hydrogen-bond donors (Lipinski definition) is 1. The second-order valence-corrected chi connectivity index (χ2v) is 4.95. The van der Waals surface area contributed by atoms with Crippen molar-refractivity contribution in [2.75, 3.05) is 38.0 Å². The van der Waals surface area contributed by atoms with Gasteiger partial charge in [0.2, 0.25) is 0 Å².